The summed E-state index contributed by atoms with van der Waals surface area (Å²) >= 11 is 0. The molecule has 0 atom stereocenters. The van der Waals surface area contributed by atoms with Gasteiger partial charge in [0.15, 0.2) is 0 Å². The lowest BCUT2D eigenvalue weighted by Crippen LogP contribution is -2.59. The highest BCUT2D eigenvalue weighted by Crippen LogP contribution is 2.47. The predicted octanol–water partition coefficient (Wildman–Crippen LogP) is 13.4. The number of ether oxygens (including phenoxy) is 1. The molecule has 0 N–H and O–H groups in total. The molecule has 0 spiro atoms. The van der Waals surface area contributed by atoms with Crippen LogP contribution in [-0.4, -0.2) is 6.71 Å². The zero-order valence-electron chi connectivity index (χ0n) is 33.0. The minimum atomic E-state index is -0.0688. The maximum absolute atomic E-state index is 7.11. The predicted molar refractivity (Wildman–Crippen MR) is 255 cm³/mol. The van der Waals surface area contributed by atoms with Crippen molar-refractivity contribution < 1.29 is 9.15 Å². The summed E-state index contributed by atoms with van der Waals surface area (Å²) in [6, 6.07) is 76.0. The highest BCUT2D eigenvalue weighted by Gasteiger charge is 2.43. The Morgan fingerprint density at radius 2 is 1.00 bits per heavy atom. The Balaban J connectivity index is 1.04. The monoisotopic (exact) mass is 778 g/mol. The van der Waals surface area contributed by atoms with Crippen LogP contribution in [0.2, 0.25) is 0 Å². The summed E-state index contributed by atoms with van der Waals surface area (Å²) in [5.74, 6) is 1.73. The van der Waals surface area contributed by atoms with E-state index < -0.39 is 0 Å². The van der Waals surface area contributed by atoms with E-state index in [0.717, 1.165) is 67.3 Å². The molecule has 0 amide bonds. The quantitative estimate of drug-likeness (QED) is 0.129. The minimum absolute atomic E-state index is 0.0688. The maximum atomic E-state index is 7.11. The van der Waals surface area contributed by atoms with Crippen molar-refractivity contribution in [1.29, 1.82) is 0 Å². The lowest BCUT2D eigenvalue weighted by Gasteiger charge is -2.41. The van der Waals surface area contributed by atoms with E-state index in [2.05, 4.69) is 210 Å². The third-order valence-electron chi connectivity index (χ3n) is 12.7. The number of anilines is 6. The van der Waals surface area contributed by atoms with Crippen molar-refractivity contribution in [1.82, 2.24) is 0 Å². The van der Waals surface area contributed by atoms with E-state index in [4.69, 9.17) is 9.15 Å². The third kappa shape index (κ3) is 5.14. The first-order valence-electron chi connectivity index (χ1n) is 20.9. The molecule has 3 heterocycles. The molecule has 2 aliphatic heterocycles. The lowest BCUT2D eigenvalue weighted by molar-refractivity contribution is 0.487. The third-order valence-corrected chi connectivity index (χ3v) is 12.7. The van der Waals surface area contributed by atoms with Crippen LogP contribution in [0.4, 0.5) is 34.1 Å². The van der Waals surface area contributed by atoms with Crippen LogP contribution in [-0.2, 0) is 0 Å². The van der Waals surface area contributed by atoms with Crippen molar-refractivity contribution in [3.8, 4) is 22.6 Å². The first kappa shape index (κ1) is 33.9. The lowest BCUT2D eigenvalue weighted by atomic mass is 9.33. The highest BCUT2D eigenvalue weighted by atomic mass is 16.5. The number of benzene rings is 10. The van der Waals surface area contributed by atoms with Gasteiger partial charge in [0.25, 0.3) is 6.71 Å². The van der Waals surface area contributed by atoms with Gasteiger partial charge in [-0.1, -0.05) is 140 Å². The van der Waals surface area contributed by atoms with Crippen molar-refractivity contribution in [2.45, 2.75) is 0 Å². The molecule has 0 bridgehead atoms. The van der Waals surface area contributed by atoms with Crippen molar-refractivity contribution in [2.75, 3.05) is 9.80 Å². The normalized spacial score (nSPS) is 12.7. The summed E-state index contributed by atoms with van der Waals surface area (Å²) in [5, 5.41) is 7.16. The van der Waals surface area contributed by atoms with Gasteiger partial charge in [-0.25, -0.2) is 0 Å². The average Bonchev–Trinajstić information content (AvgIpc) is 3.70. The van der Waals surface area contributed by atoms with Gasteiger partial charge in [-0.15, -0.1) is 0 Å². The smallest absolute Gasteiger partial charge is 0.257 e. The number of hydrogen-bond donors (Lipinski definition) is 0. The minimum Gasteiger partial charge on any atom is -0.458 e. The molecule has 0 saturated carbocycles. The average molecular weight is 779 g/mol. The van der Waals surface area contributed by atoms with Crippen LogP contribution >= 0.6 is 0 Å². The van der Waals surface area contributed by atoms with Crippen LogP contribution in [0, 0.1) is 0 Å². The van der Waals surface area contributed by atoms with Gasteiger partial charge in [0.05, 0.1) is 0 Å². The molecule has 5 heteroatoms. The molecule has 0 aliphatic carbocycles. The summed E-state index contributed by atoms with van der Waals surface area (Å²) in [4.78, 5) is 4.79. The van der Waals surface area contributed by atoms with Gasteiger partial charge in [0.1, 0.15) is 22.7 Å². The number of rotatable bonds is 5. The Bertz CT molecular complexity index is 3530. The molecular formula is C56H35BN2O2. The summed E-state index contributed by atoms with van der Waals surface area (Å²) in [7, 11) is 0. The number of nitrogens with zero attached hydrogens (tertiary/aromatic N) is 2. The molecule has 13 rings (SSSR count). The van der Waals surface area contributed by atoms with Gasteiger partial charge in [-0.05, 0) is 110 Å². The van der Waals surface area contributed by atoms with E-state index in [1.165, 1.54) is 49.3 Å². The van der Waals surface area contributed by atoms with Crippen molar-refractivity contribution in [2.24, 2.45) is 0 Å². The molecule has 284 valence electrons. The van der Waals surface area contributed by atoms with Crippen LogP contribution in [0.15, 0.2) is 217 Å². The van der Waals surface area contributed by atoms with Crippen LogP contribution < -0.4 is 30.9 Å². The van der Waals surface area contributed by atoms with E-state index in [0.29, 0.717) is 0 Å². The molecule has 11 aromatic rings. The van der Waals surface area contributed by atoms with E-state index in [1.807, 2.05) is 12.1 Å². The summed E-state index contributed by atoms with van der Waals surface area (Å²) < 4.78 is 13.4. The molecule has 61 heavy (non-hydrogen) atoms. The Morgan fingerprint density at radius 3 is 1.80 bits per heavy atom. The van der Waals surface area contributed by atoms with E-state index in [9.17, 15) is 0 Å². The Kier molecular flexibility index (Phi) is 7.37. The molecule has 0 radical (unpaired) electrons. The largest absolute Gasteiger partial charge is 0.458 e. The molecule has 4 nitrogen and oxygen atoms in total. The zero-order chi connectivity index (χ0) is 40.0. The molecule has 10 aromatic carbocycles. The van der Waals surface area contributed by atoms with Crippen LogP contribution in [0.25, 0.3) is 54.6 Å². The van der Waals surface area contributed by atoms with Gasteiger partial charge in [0.2, 0.25) is 0 Å². The van der Waals surface area contributed by atoms with Crippen molar-refractivity contribution >= 4 is 101 Å². The SMILES string of the molecule is c1ccc(-c2ccc(N(c3ccc4c(c3)Oc3cccc5c3B4c3c(c4ccccc4c4ccccc34)N5c3ccccc3)c3ccc4oc5ccccc5c4c3)cc2)cc1. The van der Waals surface area contributed by atoms with Crippen molar-refractivity contribution in [3.05, 3.63) is 212 Å². The molecule has 0 saturated heterocycles. The second-order valence-corrected chi connectivity index (χ2v) is 16.0. The Hall–Kier alpha value is -8.02. The fourth-order valence-corrected chi connectivity index (χ4v) is 10.1. The van der Waals surface area contributed by atoms with Gasteiger partial charge >= 0.3 is 0 Å². The van der Waals surface area contributed by atoms with Gasteiger partial charge < -0.3 is 19.0 Å². The van der Waals surface area contributed by atoms with E-state index in [-0.39, 0.29) is 6.71 Å². The molecule has 2 aliphatic rings. The maximum Gasteiger partial charge on any atom is 0.257 e. The standard InChI is InChI=1S/C56H35BN2O2/c1-3-14-36(15-4-1)37-26-28-39(29-27-37)58(40-31-33-51-47(34-40)44-20-11-12-24-50(44)60-51)41-30-32-48-53(35-41)61-52-25-13-23-49-55(52)57(48)54-45-21-9-7-18-42(45)43-19-8-10-22-46(43)56(54)59(49)38-16-5-2-6-17-38/h1-35H. The molecule has 1 aromatic heterocycles. The number of furan rings is 1. The molecule has 0 unspecified atom stereocenters. The summed E-state index contributed by atoms with van der Waals surface area (Å²) in [6.07, 6.45) is 0. The van der Waals surface area contributed by atoms with Crippen LogP contribution in [0.3, 0.4) is 0 Å². The number of hydrogen-bond acceptors (Lipinski definition) is 4. The van der Waals surface area contributed by atoms with Gasteiger partial charge in [-0.3, -0.25) is 0 Å². The highest BCUT2D eigenvalue weighted by molar-refractivity contribution is 7.01. The summed E-state index contributed by atoms with van der Waals surface area (Å²) in [6.45, 7) is -0.0688. The van der Waals surface area contributed by atoms with E-state index in [1.54, 1.807) is 0 Å². The number of fused-ring (bicyclic) bond motifs is 12. The second kappa shape index (κ2) is 13.3. The van der Waals surface area contributed by atoms with E-state index >= 15 is 0 Å². The van der Waals surface area contributed by atoms with Gasteiger partial charge in [0, 0.05) is 56.3 Å². The fourth-order valence-electron chi connectivity index (χ4n) is 10.1. The van der Waals surface area contributed by atoms with Gasteiger partial charge in [-0.2, -0.15) is 0 Å². The summed E-state index contributed by atoms with van der Waals surface area (Å²) in [5.41, 5.74) is 14.3. The first-order chi connectivity index (χ1) is 30.3. The topological polar surface area (TPSA) is 28.9 Å². The van der Waals surface area contributed by atoms with Crippen molar-refractivity contribution in [3.63, 3.8) is 0 Å². The van der Waals surface area contributed by atoms with Crippen LogP contribution in [0.5, 0.6) is 11.5 Å². The Morgan fingerprint density at radius 1 is 0.393 bits per heavy atom. The molecular weight excluding hydrogens is 743 g/mol. The van der Waals surface area contributed by atoms with Crippen LogP contribution in [0.1, 0.15) is 0 Å². The Labute approximate surface area is 353 Å². The fraction of sp³-hybridized carbons (Fsp3) is 0. The zero-order valence-corrected chi connectivity index (χ0v) is 33.0. The molecule has 0 fully saturated rings. The second-order valence-electron chi connectivity index (χ2n) is 16.0. The first-order valence-corrected chi connectivity index (χ1v) is 20.9. The number of para-hydroxylation sites is 2.